The standard InChI is InChI=1S/C10H12N4OS2/c1-6-3-7(4-16-6)9-12-13-10(14(9)2)17-5-8(11)15/h3-4H,5H2,1-2H3,(H2,11,15). The van der Waals surface area contributed by atoms with E-state index in [1.54, 1.807) is 11.3 Å². The Morgan fingerprint density at radius 1 is 1.59 bits per heavy atom. The summed E-state index contributed by atoms with van der Waals surface area (Å²) in [5.41, 5.74) is 6.15. The zero-order chi connectivity index (χ0) is 12.4. The Morgan fingerprint density at radius 2 is 2.35 bits per heavy atom. The number of nitrogens with zero attached hydrogens (tertiary/aromatic N) is 3. The van der Waals surface area contributed by atoms with Crippen LogP contribution in [0, 0.1) is 6.92 Å². The Morgan fingerprint density at radius 3 is 2.94 bits per heavy atom. The smallest absolute Gasteiger partial charge is 0.227 e. The number of aromatic nitrogens is 3. The van der Waals surface area contributed by atoms with Crippen molar-refractivity contribution in [2.75, 3.05) is 5.75 Å². The van der Waals surface area contributed by atoms with E-state index in [2.05, 4.69) is 16.3 Å². The van der Waals surface area contributed by atoms with Crippen LogP contribution in [0.4, 0.5) is 0 Å². The lowest BCUT2D eigenvalue weighted by atomic mass is 10.3. The number of hydrogen-bond acceptors (Lipinski definition) is 5. The summed E-state index contributed by atoms with van der Waals surface area (Å²) in [5.74, 6) is 0.668. The number of carbonyl (C=O) groups is 1. The van der Waals surface area contributed by atoms with Gasteiger partial charge in [0.2, 0.25) is 5.91 Å². The van der Waals surface area contributed by atoms with Gasteiger partial charge in [0.15, 0.2) is 11.0 Å². The number of nitrogens with two attached hydrogens (primary N) is 1. The molecule has 0 aliphatic heterocycles. The predicted octanol–water partition coefficient (Wildman–Crippen LogP) is 1.43. The Kier molecular flexibility index (Phi) is 3.49. The van der Waals surface area contributed by atoms with Crippen LogP contribution >= 0.6 is 23.1 Å². The molecule has 0 aromatic carbocycles. The molecule has 1 amide bonds. The third-order valence-corrected chi connectivity index (χ3v) is 4.07. The van der Waals surface area contributed by atoms with Crippen molar-refractivity contribution in [2.45, 2.75) is 12.1 Å². The maximum Gasteiger partial charge on any atom is 0.227 e. The topological polar surface area (TPSA) is 73.8 Å². The second-order valence-electron chi connectivity index (χ2n) is 3.57. The van der Waals surface area contributed by atoms with E-state index in [4.69, 9.17) is 5.73 Å². The van der Waals surface area contributed by atoms with Crippen molar-refractivity contribution in [1.82, 2.24) is 14.8 Å². The molecule has 0 radical (unpaired) electrons. The quantitative estimate of drug-likeness (QED) is 0.851. The van der Waals surface area contributed by atoms with Crippen LogP contribution in [0.2, 0.25) is 0 Å². The van der Waals surface area contributed by atoms with Crippen molar-refractivity contribution >= 4 is 29.0 Å². The summed E-state index contributed by atoms with van der Waals surface area (Å²) < 4.78 is 1.87. The van der Waals surface area contributed by atoms with Crippen LogP contribution < -0.4 is 5.73 Å². The van der Waals surface area contributed by atoms with Gasteiger partial charge in [-0.2, -0.15) is 0 Å². The van der Waals surface area contributed by atoms with Crippen molar-refractivity contribution in [3.05, 3.63) is 16.3 Å². The van der Waals surface area contributed by atoms with Crippen molar-refractivity contribution in [3.63, 3.8) is 0 Å². The molecule has 0 bridgehead atoms. The van der Waals surface area contributed by atoms with Crippen molar-refractivity contribution < 1.29 is 4.79 Å². The zero-order valence-electron chi connectivity index (χ0n) is 9.51. The minimum Gasteiger partial charge on any atom is -0.369 e. The third kappa shape index (κ3) is 2.67. The van der Waals surface area contributed by atoms with Gasteiger partial charge >= 0.3 is 0 Å². The monoisotopic (exact) mass is 268 g/mol. The minimum absolute atomic E-state index is 0.217. The van der Waals surface area contributed by atoms with Crippen LogP contribution in [0.15, 0.2) is 16.6 Å². The van der Waals surface area contributed by atoms with Gasteiger partial charge in [0, 0.05) is 22.9 Å². The van der Waals surface area contributed by atoms with E-state index in [9.17, 15) is 4.79 Å². The van der Waals surface area contributed by atoms with Gasteiger partial charge in [0.05, 0.1) is 5.75 Å². The van der Waals surface area contributed by atoms with Crippen LogP contribution in [-0.2, 0) is 11.8 Å². The largest absolute Gasteiger partial charge is 0.369 e. The lowest BCUT2D eigenvalue weighted by Crippen LogP contribution is -2.13. The number of hydrogen-bond donors (Lipinski definition) is 1. The van der Waals surface area contributed by atoms with Crippen LogP contribution in [-0.4, -0.2) is 26.4 Å². The molecule has 0 aliphatic carbocycles. The Balaban J connectivity index is 2.23. The number of aryl methyl sites for hydroxylation is 1. The van der Waals surface area contributed by atoms with Crippen LogP contribution in [0.1, 0.15) is 4.88 Å². The first-order valence-electron chi connectivity index (χ1n) is 4.94. The van der Waals surface area contributed by atoms with Gasteiger partial charge in [-0.25, -0.2) is 0 Å². The van der Waals surface area contributed by atoms with Gasteiger partial charge in [-0.05, 0) is 13.0 Å². The highest BCUT2D eigenvalue weighted by atomic mass is 32.2. The van der Waals surface area contributed by atoms with E-state index in [0.29, 0.717) is 5.16 Å². The van der Waals surface area contributed by atoms with E-state index in [1.165, 1.54) is 16.6 Å². The molecule has 90 valence electrons. The Hall–Kier alpha value is -1.34. The number of amides is 1. The van der Waals surface area contributed by atoms with Gasteiger partial charge in [0.25, 0.3) is 0 Å². The van der Waals surface area contributed by atoms with Crippen LogP contribution in [0.5, 0.6) is 0 Å². The van der Waals surface area contributed by atoms with E-state index in [-0.39, 0.29) is 11.7 Å². The average molecular weight is 268 g/mol. The first-order valence-corrected chi connectivity index (χ1v) is 6.80. The van der Waals surface area contributed by atoms with Crippen LogP contribution in [0.25, 0.3) is 11.4 Å². The maximum atomic E-state index is 10.7. The lowest BCUT2D eigenvalue weighted by molar-refractivity contribution is -0.115. The van der Waals surface area contributed by atoms with Gasteiger partial charge in [-0.3, -0.25) is 4.79 Å². The number of carbonyl (C=O) groups excluding carboxylic acids is 1. The van der Waals surface area contributed by atoms with Crippen molar-refractivity contribution in [2.24, 2.45) is 12.8 Å². The van der Waals surface area contributed by atoms with Gasteiger partial charge < -0.3 is 10.3 Å². The summed E-state index contributed by atoms with van der Waals surface area (Å²) >= 11 is 2.97. The summed E-state index contributed by atoms with van der Waals surface area (Å²) in [4.78, 5) is 11.9. The summed E-state index contributed by atoms with van der Waals surface area (Å²) in [7, 11) is 1.88. The first kappa shape index (κ1) is 12.1. The molecule has 17 heavy (non-hydrogen) atoms. The summed E-state index contributed by atoms with van der Waals surface area (Å²) in [6, 6.07) is 2.07. The molecule has 0 aliphatic rings. The highest BCUT2D eigenvalue weighted by Gasteiger charge is 2.12. The molecule has 0 spiro atoms. The molecule has 2 aromatic heterocycles. The summed E-state index contributed by atoms with van der Waals surface area (Å²) in [5, 5.41) is 10.9. The highest BCUT2D eigenvalue weighted by Crippen LogP contribution is 2.26. The molecule has 7 heteroatoms. The van der Waals surface area contributed by atoms with Crippen molar-refractivity contribution in [3.8, 4) is 11.4 Å². The number of primary amides is 1. The Labute approximate surface area is 107 Å². The maximum absolute atomic E-state index is 10.7. The van der Waals surface area contributed by atoms with Gasteiger partial charge in [-0.1, -0.05) is 11.8 Å². The fraction of sp³-hybridized carbons (Fsp3) is 0.300. The van der Waals surface area contributed by atoms with Crippen LogP contribution in [0.3, 0.4) is 0 Å². The Bertz CT molecular complexity index is 546. The molecule has 5 nitrogen and oxygen atoms in total. The molecule has 0 unspecified atom stereocenters. The lowest BCUT2D eigenvalue weighted by Gasteiger charge is -2.00. The normalized spacial score (nSPS) is 10.7. The molecule has 0 fully saturated rings. The first-order chi connectivity index (χ1) is 8.08. The molecule has 2 N–H and O–H groups in total. The number of thiophene rings is 1. The predicted molar refractivity (Wildman–Crippen MR) is 69.0 cm³/mol. The molecule has 2 heterocycles. The molecule has 0 saturated carbocycles. The second-order valence-corrected chi connectivity index (χ2v) is 5.62. The molecular formula is C10H12N4OS2. The second kappa shape index (κ2) is 4.89. The molecule has 0 saturated heterocycles. The zero-order valence-corrected chi connectivity index (χ0v) is 11.1. The summed E-state index contributed by atoms with van der Waals surface area (Å²) in [6.45, 7) is 2.05. The van der Waals surface area contributed by atoms with E-state index in [1.807, 2.05) is 23.9 Å². The third-order valence-electron chi connectivity index (χ3n) is 2.17. The SMILES string of the molecule is Cc1cc(-c2nnc(SCC(N)=O)n2C)cs1. The average Bonchev–Trinajstić information content (AvgIpc) is 2.82. The van der Waals surface area contributed by atoms with E-state index >= 15 is 0 Å². The molecule has 2 rings (SSSR count). The number of rotatable bonds is 4. The van der Waals surface area contributed by atoms with E-state index in [0.717, 1.165) is 11.4 Å². The van der Waals surface area contributed by atoms with Gasteiger partial charge in [0.1, 0.15) is 0 Å². The summed E-state index contributed by atoms with van der Waals surface area (Å²) in [6.07, 6.45) is 0. The fourth-order valence-electron chi connectivity index (χ4n) is 1.39. The van der Waals surface area contributed by atoms with E-state index < -0.39 is 0 Å². The molecule has 0 atom stereocenters. The molecule has 2 aromatic rings. The van der Waals surface area contributed by atoms with Crippen molar-refractivity contribution in [1.29, 1.82) is 0 Å². The van der Waals surface area contributed by atoms with Gasteiger partial charge in [-0.15, -0.1) is 21.5 Å². The highest BCUT2D eigenvalue weighted by molar-refractivity contribution is 7.99. The molecular weight excluding hydrogens is 256 g/mol. The minimum atomic E-state index is -0.356. The number of thioether (sulfide) groups is 1. The fourth-order valence-corrected chi connectivity index (χ4v) is 2.72.